The van der Waals surface area contributed by atoms with Crippen LogP contribution in [0.1, 0.15) is 33.1 Å². The Morgan fingerprint density at radius 2 is 2.19 bits per heavy atom. The second-order valence-electron chi connectivity index (χ2n) is 6.50. The van der Waals surface area contributed by atoms with Gasteiger partial charge in [-0.05, 0) is 38.0 Å². The van der Waals surface area contributed by atoms with Crippen molar-refractivity contribution in [2.75, 3.05) is 13.2 Å². The standard InChI is InChI=1S/C19H23FN4O3/c1-12-14(13(2)24-17(22-12)11-19(26)23-24)7-8-18(25)21-9-10-27-16-6-4-3-5-15(16)20/h3-6,17H,7-11H2,1-2H3,(H,21,25)(H,23,26)/t17-/m1/s1. The maximum Gasteiger partial charge on any atom is 0.242 e. The Bertz CT molecular complexity index is 806. The summed E-state index contributed by atoms with van der Waals surface area (Å²) in [5, 5.41) is 4.53. The van der Waals surface area contributed by atoms with Gasteiger partial charge in [-0.15, -0.1) is 0 Å². The summed E-state index contributed by atoms with van der Waals surface area (Å²) in [6, 6.07) is 6.15. The number of allylic oxidation sites excluding steroid dienone is 2. The molecule has 1 aromatic carbocycles. The van der Waals surface area contributed by atoms with Gasteiger partial charge in [-0.3, -0.25) is 25.0 Å². The number of nitrogens with one attached hydrogen (secondary N) is 2. The topological polar surface area (TPSA) is 83.0 Å². The molecule has 0 spiro atoms. The van der Waals surface area contributed by atoms with Gasteiger partial charge >= 0.3 is 0 Å². The molecule has 2 amide bonds. The number of benzene rings is 1. The lowest BCUT2D eigenvalue weighted by molar-refractivity contribution is -0.121. The largest absolute Gasteiger partial charge is 0.489 e. The third-order valence-corrected chi connectivity index (χ3v) is 4.61. The quantitative estimate of drug-likeness (QED) is 0.715. The van der Waals surface area contributed by atoms with Crippen molar-refractivity contribution in [3.05, 3.63) is 41.4 Å². The molecule has 1 aromatic rings. The smallest absolute Gasteiger partial charge is 0.242 e. The molecule has 144 valence electrons. The summed E-state index contributed by atoms with van der Waals surface area (Å²) in [6.45, 7) is 4.31. The number of amides is 2. The Kier molecular flexibility index (Phi) is 5.73. The number of para-hydroxylation sites is 1. The van der Waals surface area contributed by atoms with E-state index in [1.54, 1.807) is 23.2 Å². The molecule has 7 nitrogen and oxygen atoms in total. The first kappa shape index (κ1) is 18.9. The van der Waals surface area contributed by atoms with Crippen LogP contribution in [0.5, 0.6) is 5.75 Å². The lowest BCUT2D eigenvalue weighted by Gasteiger charge is -2.30. The third kappa shape index (κ3) is 4.45. The lowest BCUT2D eigenvalue weighted by Crippen LogP contribution is -2.40. The van der Waals surface area contributed by atoms with Gasteiger partial charge in [0.2, 0.25) is 11.8 Å². The molecule has 1 saturated heterocycles. The average Bonchev–Trinajstić information content (AvgIpc) is 3.00. The summed E-state index contributed by atoms with van der Waals surface area (Å²) in [7, 11) is 0. The van der Waals surface area contributed by atoms with Crippen LogP contribution in [0.4, 0.5) is 4.39 Å². The van der Waals surface area contributed by atoms with Crippen LogP contribution < -0.4 is 15.5 Å². The molecule has 0 bridgehead atoms. The van der Waals surface area contributed by atoms with Crippen molar-refractivity contribution >= 4 is 17.5 Å². The lowest BCUT2D eigenvalue weighted by atomic mass is 10.0. The number of aliphatic imine (C=N–C) groups is 1. The maximum absolute atomic E-state index is 13.4. The summed E-state index contributed by atoms with van der Waals surface area (Å²) in [5.74, 6) is -0.424. The van der Waals surface area contributed by atoms with Crippen LogP contribution in [-0.4, -0.2) is 41.9 Å². The fourth-order valence-corrected chi connectivity index (χ4v) is 3.23. The van der Waals surface area contributed by atoms with Gasteiger partial charge in [-0.25, -0.2) is 4.39 Å². The Balaban J connectivity index is 1.44. The first-order valence-electron chi connectivity index (χ1n) is 8.93. The highest BCUT2D eigenvalue weighted by Crippen LogP contribution is 2.27. The molecule has 3 rings (SSSR count). The van der Waals surface area contributed by atoms with E-state index in [-0.39, 0.29) is 30.3 Å². The summed E-state index contributed by atoms with van der Waals surface area (Å²) >= 11 is 0. The van der Waals surface area contributed by atoms with Crippen molar-refractivity contribution in [1.82, 2.24) is 15.8 Å². The molecular formula is C19H23FN4O3. The Morgan fingerprint density at radius 1 is 1.41 bits per heavy atom. The summed E-state index contributed by atoms with van der Waals surface area (Å²) in [4.78, 5) is 28.2. The number of hydrogen-bond donors (Lipinski definition) is 2. The number of hydrazine groups is 1. The van der Waals surface area contributed by atoms with Gasteiger partial charge in [0.1, 0.15) is 12.8 Å². The first-order chi connectivity index (χ1) is 13.0. The number of rotatable bonds is 7. The third-order valence-electron chi connectivity index (χ3n) is 4.61. The van der Waals surface area contributed by atoms with Crippen LogP contribution >= 0.6 is 0 Å². The van der Waals surface area contributed by atoms with Crippen molar-refractivity contribution < 1.29 is 18.7 Å². The molecule has 2 heterocycles. The van der Waals surface area contributed by atoms with E-state index in [0.29, 0.717) is 25.8 Å². The van der Waals surface area contributed by atoms with E-state index in [2.05, 4.69) is 15.7 Å². The number of halogens is 1. The van der Waals surface area contributed by atoms with Gasteiger partial charge in [0.15, 0.2) is 11.6 Å². The van der Waals surface area contributed by atoms with E-state index in [0.717, 1.165) is 17.0 Å². The Labute approximate surface area is 157 Å². The van der Waals surface area contributed by atoms with Crippen LogP contribution in [0.3, 0.4) is 0 Å². The fraction of sp³-hybridized carbons (Fsp3) is 0.421. The molecule has 2 aliphatic heterocycles. The minimum atomic E-state index is -0.425. The monoisotopic (exact) mass is 374 g/mol. The predicted octanol–water partition coefficient (Wildman–Crippen LogP) is 1.91. The maximum atomic E-state index is 13.4. The number of nitrogens with zero attached hydrogens (tertiary/aromatic N) is 2. The van der Waals surface area contributed by atoms with E-state index in [9.17, 15) is 14.0 Å². The van der Waals surface area contributed by atoms with E-state index in [1.165, 1.54) is 6.07 Å². The average molecular weight is 374 g/mol. The number of hydrogen-bond acceptors (Lipinski definition) is 5. The highest BCUT2D eigenvalue weighted by atomic mass is 19.1. The van der Waals surface area contributed by atoms with Crippen molar-refractivity contribution in [3.8, 4) is 5.75 Å². The minimum Gasteiger partial charge on any atom is -0.489 e. The normalized spacial score (nSPS) is 18.8. The molecule has 0 unspecified atom stereocenters. The fourth-order valence-electron chi connectivity index (χ4n) is 3.23. The van der Waals surface area contributed by atoms with Crippen LogP contribution in [0.25, 0.3) is 0 Å². The molecule has 1 fully saturated rings. The zero-order valence-corrected chi connectivity index (χ0v) is 15.4. The van der Waals surface area contributed by atoms with Gasteiger partial charge in [0, 0.05) is 17.8 Å². The molecule has 2 N–H and O–H groups in total. The Morgan fingerprint density at radius 3 is 2.96 bits per heavy atom. The summed E-state index contributed by atoms with van der Waals surface area (Å²) in [5.41, 5.74) is 5.54. The first-order valence-corrected chi connectivity index (χ1v) is 8.93. The highest BCUT2D eigenvalue weighted by molar-refractivity contribution is 6.00. The molecular weight excluding hydrogens is 351 g/mol. The van der Waals surface area contributed by atoms with Gasteiger partial charge < -0.3 is 10.1 Å². The zero-order valence-electron chi connectivity index (χ0n) is 15.4. The van der Waals surface area contributed by atoms with Gasteiger partial charge in [0.05, 0.1) is 13.0 Å². The van der Waals surface area contributed by atoms with Crippen LogP contribution in [0, 0.1) is 5.82 Å². The number of carbonyl (C=O) groups excluding carboxylic acids is 2. The summed E-state index contributed by atoms with van der Waals surface area (Å²) < 4.78 is 18.7. The molecule has 0 aromatic heterocycles. The van der Waals surface area contributed by atoms with Crippen molar-refractivity contribution in [1.29, 1.82) is 0 Å². The van der Waals surface area contributed by atoms with Crippen molar-refractivity contribution in [2.24, 2.45) is 4.99 Å². The second kappa shape index (κ2) is 8.20. The number of ether oxygens (including phenoxy) is 1. The van der Waals surface area contributed by atoms with Crippen LogP contribution in [0.2, 0.25) is 0 Å². The molecule has 0 saturated carbocycles. The number of fused-ring (bicyclic) bond motifs is 1. The van der Waals surface area contributed by atoms with Crippen molar-refractivity contribution in [2.45, 2.75) is 39.3 Å². The molecule has 0 aliphatic carbocycles. The van der Waals surface area contributed by atoms with E-state index < -0.39 is 5.82 Å². The highest BCUT2D eigenvalue weighted by Gasteiger charge is 2.34. The second-order valence-corrected chi connectivity index (χ2v) is 6.50. The SMILES string of the molecule is CC1=N[C@H]2CC(=O)NN2C(C)=C1CCC(=O)NCCOc1ccccc1F. The van der Waals surface area contributed by atoms with E-state index >= 15 is 0 Å². The van der Waals surface area contributed by atoms with Crippen molar-refractivity contribution in [3.63, 3.8) is 0 Å². The van der Waals surface area contributed by atoms with Gasteiger partial charge in [0.25, 0.3) is 0 Å². The van der Waals surface area contributed by atoms with E-state index in [1.807, 2.05) is 13.8 Å². The molecule has 2 aliphatic rings. The molecule has 0 radical (unpaired) electrons. The molecule has 8 heteroatoms. The molecule has 27 heavy (non-hydrogen) atoms. The van der Waals surface area contributed by atoms with Gasteiger partial charge in [-0.1, -0.05) is 12.1 Å². The van der Waals surface area contributed by atoms with Gasteiger partial charge in [-0.2, -0.15) is 0 Å². The molecule has 1 atom stereocenters. The van der Waals surface area contributed by atoms with Crippen LogP contribution in [0.15, 0.2) is 40.5 Å². The summed E-state index contributed by atoms with van der Waals surface area (Å²) in [6.07, 6.45) is 0.988. The number of carbonyl (C=O) groups is 2. The predicted molar refractivity (Wildman–Crippen MR) is 98.3 cm³/mol. The zero-order chi connectivity index (χ0) is 19.4. The Hall–Kier alpha value is -2.90. The van der Waals surface area contributed by atoms with Crippen LogP contribution in [-0.2, 0) is 9.59 Å². The van der Waals surface area contributed by atoms with E-state index in [4.69, 9.17) is 4.74 Å². The minimum absolute atomic E-state index is 0.0512.